The van der Waals surface area contributed by atoms with Gasteiger partial charge >= 0.3 is 6.03 Å². The third kappa shape index (κ3) is 3.98. The molecule has 2 N–H and O–H groups in total. The predicted molar refractivity (Wildman–Crippen MR) is 65.4 cm³/mol. The number of carbonyl (C=O) groups is 1. The Morgan fingerprint density at radius 3 is 2.88 bits per heavy atom. The Balaban J connectivity index is 2.49. The maximum atomic E-state index is 11.4. The molecular formula is C11H15ClN2O2. The number of hydrogen-bond acceptors (Lipinski definition) is 2. The molecule has 88 valence electrons. The Bertz CT molecular complexity index is 345. The van der Waals surface area contributed by atoms with E-state index in [0.717, 1.165) is 6.42 Å². The number of para-hydroxylation sites is 2. The van der Waals surface area contributed by atoms with Crippen LogP contribution in [0.3, 0.4) is 0 Å². The second-order valence-electron chi connectivity index (χ2n) is 3.12. The van der Waals surface area contributed by atoms with Crippen LogP contribution in [0, 0.1) is 0 Å². The van der Waals surface area contributed by atoms with Crippen LogP contribution in [0.4, 0.5) is 10.5 Å². The molecule has 0 bridgehead atoms. The summed E-state index contributed by atoms with van der Waals surface area (Å²) in [6, 6.07) is 6.98. The number of benzene rings is 1. The third-order valence-electron chi connectivity index (χ3n) is 1.95. The van der Waals surface area contributed by atoms with Gasteiger partial charge in [-0.05, 0) is 18.6 Å². The maximum Gasteiger partial charge on any atom is 0.319 e. The van der Waals surface area contributed by atoms with Crippen molar-refractivity contribution >= 4 is 23.3 Å². The molecule has 0 aliphatic carbocycles. The van der Waals surface area contributed by atoms with E-state index in [1.54, 1.807) is 19.2 Å². The molecule has 0 heterocycles. The lowest BCUT2D eigenvalue weighted by molar-refractivity contribution is 0.252. The lowest BCUT2D eigenvalue weighted by atomic mass is 10.3. The van der Waals surface area contributed by atoms with Crippen molar-refractivity contribution in [1.29, 1.82) is 0 Å². The van der Waals surface area contributed by atoms with Crippen LogP contribution >= 0.6 is 11.6 Å². The molecule has 0 unspecified atom stereocenters. The minimum Gasteiger partial charge on any atom is -0.495 e. The van der Waals surface area contributed by atoms with E-state index >= 15 is 0 Å². The van der Waals surface area contributed by atoms with Gasteiger partial charge in [0.15, 0.2) is 0 Å². The first-order chi connectivity index (χ1) is 7.77. The molecule has 2 amide bonds. The number of rotatable bonds is 5. The highest BCUT2D eigenvalue weighted by molar-refractivity contribution is 6.17. The summed E-state index contributed by atoms with van der Waals surface area (Å²) in [7, 11) is 1.56. The molecule has 0 fully saturated rings. The van der Waals surface area contributed by atoms with Crippen molar-refractivity contribution in [3.05, 3.63) is 24.3 Å². The van der Waals surface area contributed by atoms with Gasteiger partial charge in [0.1, 0.15) is 5.75 Å². The zero-order valence-electron chi connectivity index (χ0n) is 9.13. The molecule has 0 aromatic heterocycles. The summed E-state index contributed by atoms with van der Waals surface area (Å²) in [4.78, 5) is 11.4. The van der Waals surface area contributed by atoms with E-state index < -0.39 is 0 Å². The minimum absolute atomic E-state index is 0.255. The van der Waals surface area contributed by atoms with E-state index in [2.05, 4.69) is 10.6 Å². The molecule has 0 radical (unpaired) electrons. The summed E-state index contributed by atoms with van der Waals surface area (Å²) >= 11 is 5.50. The first kappa shape index (κ1) is 12.6. The third-order valence-corrected chi connectivity index (χ3v) is 2.22. The second kappa shape index (κ2) is 6.95. The van der Waals surface area contributed by atoms with Crippen LogP contribution in [0.5, 0.6) is 5.75 Å². The first-order valence-corrected chi connectivity index (χ1v) is 5.55. The summed E-state index contributed by atoms with van der Waals surface area (Å²) in [6.07, 6.45) is 0.751. The SMILES string of the molecule is COc1ccccc1NC(=O)NCCCCl. The van der Waals surface area contributed by atoms with Crippen molar-refractivity contribution in [2.24, 2.45) is 0 Å². The van der Waals surface area contributed by atoms with Crippen LogP contribution in [0.1, 0.15) is 6.42 Å². The number of hydrogen-bond donors (Lipinski definition) is 2. The maximum absolute atomic E-state index is 11.4. The van der Waals surface area contributed by atoms with E-state index in [0.29, 0.717) is 23.9 Å². The molecular weight excluding hydrogens is 228 g/mol. The first-order valence-electron chi connectivity index (χ1n) is 5.01. The van der Waals surface area contributed by atoms with Gasteiger partial charge in [0.05, 0.1) is 12.8 Å². The van der Waals surface area contributed by atoms with Crippen molar-refractivity contribution in [2.75, 3.05) is 24.9 Å². The lowest BCUT2D eigenvalue weighted by Gasteiger charge is -2.10. The topological polar surface area (TPSA) is 50.4 Å². The Hall–Kier alpha value is -1.42. The molecule has 0 aliphatic heterocycles. The van der Waals surface area contributed by atoms with E-state index in [1.165, 1.54) is 0 Å². The van der Waals surface area contributed by atoms with Crippen LogP contribution in [-0.4, -0.2) is 25.6 Å². The van der Waals surface area contributed by atoms with Crippen molar-refractivity contribution in [3.8, 4) is 5.75 Å². The van der Waals surface area contributed by atoms with Gasteiger partial charge in [-0.15, -0.1) is 11.6 Å². The molecule has 0 saturated heterocycles. The molecule has 5 heteroatoms. The van der Waals surface area contributed by atoms with E-state index in [9.17, 15) is 4.79 Å². The predicted octanol–water partition coefficient (Wildman–Crippen LogP) is 2.45. The average Bonchev–Trinajstić information content (AvgIpc) is 2.30. The monoisotopic (exact) mass is 242 g/mol. The number of urea groups is 1. The van der Waals surface area contributed by atoms with Gasteiger partial charge in [0.25, 0.3) is 0 Å². The quantitative estimate of drug-likeness (QED) is 0.616. The molecule has 16 heavy (non-hydrogen) atoms. The number of alkyl halides is 1. The molecule has 1 aromatic carbocycles. The average molecular weight is 243 g/mol. The smallest absolute Gasteiger partial charge is 0.319 e. The van der Waals surface area contributed by atoms with Gasteiger partial charge in [-0.25, -0.2) is 4.79 Å². The molecule has 0 spiro atoms. The molecule has 4 nitrogen and oxygen atoms in total. The van der Waals surface area contributed by atoms with E-state index in [1.807, 2.05) is 12.1 Å². The highest BCUT2D eigenvalue weighted by Gasteiger charge is 2.05. The summed E-state index contributed by atoms with van der Waals surface area (Å²) in [5.41, 5.74) is 0.647. The highest BCUT2D eigenvalue weighted by Crippen LogP contribution is 2.22. The summed E-state index contributed by atoms with van der Waals surface area (Å²) in [5, 5.41) is 5.40. The number of amides is 2. The largest absolute Gasteiger partial charge is 0.495 e. The normalized spacial score (nSPS) is 9.62. The van der Waals surface area contributed by atoms with Crippen LogP contribution in [0.15, 0.2) is 24.3 Å². The van der Waals surface area contributed by atoms with Gasteiger partial charge in [-0.2, -0.15) is 0 Å². The lowest BCUT2D eigenvalue weighted by Crippen LogP contribution is -2.29. The van der Waals surface area contributed by atoms with Gasteiger partial charge in [-0.3, -0.25) is 0 Å². The summed E-state index contributed by atoms with van der Waals surface area (Å²) in [5.74, 6) is 1.17. The number of anilines is 1. The Morgan fingerprint density at radius 1 is 1.44 bits per heavy atom. The van der Waals surface area contributed by atoms with Crippen molar-refractivity contribution in [1.82, 2.24) is 5.32 Å². The van der Waals surface area contributed by atoms with Crippen molar-refractivity contribution in [2.45, 2.75) is 6.42 Å². The van der Waals surface area contributed by atoms with Crippen LogP contribution in [0.2, 0.25) is 0 Å². The zero-order chi connectivity index (χ0) is 11.8. The standard InChI is InChI=1S/C11H15ClN2O2/c1-16-10-6-3-2-5-9(10)14-11(15)13-8-4-7-12/h2-3,5-6H,4,7-8H2,1H3,(H2,13,14,15). The van der Waals surface area contributed by atoms with E-state index in [-0.39, 0.29) is 6.03 Å². The number of ether oxygens (including phenoxy) is 1. The number of halogens is 1. The van der Waals surface area contributed by atoms with Crippen LogP contribution < -0.4 is 15.4 Å². The van der Waals surface area contributed by atoms with Crippen molar-refractivity contribution in [3.63, 3.8) is 0 Å². The Kier molecular flexibility index (Phi) is 5.50. The molecule has 1 rings (SSSR count). The van der Waals surface area contributed by atoms with Crippen LogP contribution in [0.25, 0.3) is 0 Å². The fourth-order valence-electron chi connectivity index (χ4n) is 1.18. The fraction of sp³-hybridized carbons (Fsp3) is 0.364. The molecule has 0 atom stereocenters. The van der Waals surface area contributed by atoms with Gasteiger partial charge in [0.2, 0.25) is 0 Å². The van der Waals surface area contributed by atoms with Crippen molar-refractivity contribution < 1.29 is 9.53 Å². The molecule has 0 aliphatic rings. The number of nitrogens with one attached hydrogen (secondary N) is 2. The van der Waals surface area contributed by atoms with Gasteiger partial charge in [-0.1, -0.05) is 12.1 Å². The number of carbonyl (C=O) groups excluding carboxylic acids is 1. The van der Waals surface area contributed by atoms with E-state index in [4.69, 9.17) is 16.3 Å². The molecule has 0 saturated carbocycles. The van der Waals surface area contributed by atoms with Gasteiger partial charge < -0.3 is 15.4 Å². The Labute approximate surface area is 99.9 Å². The summed E-state index contributed by atoms with van der Waals surface area (Å²) < 4.78 is 5.11. The van der Waals surface area contributed by atoms with Crippen LogP contribution in [-0.2, 0) is 0 Å². The van der Waals surface area contributed by atoms with Gasteiger partial charge in [0, 0.05) is 12.4 Å². The second-order valence-corrected chi connectivity index (χ2v) is 3.50. The minimum atomic E-state index is -0.255. The summed E-state index contributed by atoms with van der Waals surface area (Å²) in [6.45, 7) is 0.560. The highest BCUT2D eigenvalue weighted by atomic mass is 35.5. The number of methoxy groups -OCH3 is 1. The Morgan fingerprint density at radius 2 is 2.19 bits per heavy atom. The fourth-order valence-corrected chi connectivity index (χ4v) is 1.32. The molecule has 1 aromatic rings. The zero-order valence-corrected chi connectivity index (χ0v) is 9.88.